The van der Waals surface area contributed by atoms with Gasteiger partial charge in [-0.25, -0.2) is 0 Å². The number of carboxylic acid groups (broad SMARTS) is 1. The van der Waals surface area contributed by atoms with Crippen LogP contribution in [0.25, 0.3) is 0 Å². The van der Waals surface area contributed by atoms with Crippen molar-refractivity contribution in [3.05, 3.63) is 0 Å². The van der Waals surface area contributed by atoms with Crippen LogP contribution < -0.4 is 5.32 Å². The molecular weight excluding hydrogens is 246 g/mol. The topological polar surface area (TPSA) is 86.6 Å². The molecule has 0 spiro atoms. The molecule has 112 valence electrons. The van der Waals surface area contributed by atoms with Gasteiger partial charge < -0.3 is 15.5 Å². The van der Waals surface area contributed by atoms with E-state index in [1.807, 2.05) is 13.8 Å². The third-order valence-corrected chi connectivity index (χ3v) is 4.35. The average molecular weight is 273 g/mol. The molecule has 0 aromatic rings. The van der Waals surface area contributed by atoms with E-state index >= 15 is 0 Å². The molecule has 0 aliphatic rings. The highest BCUT2D eigenvalue weighted by Crippen LogP contribution is 2.31. The summed E-state index contributed by atoms with van der Waals surface area (Å²) in [6.45, 7) is 8.80. The lowest BCUT2D eigenvalue weighted by atomic mass is 9.76. The van der Waals surface area contributed by atoms with Crippen molar-refractivity contribution in [3.63, 3.8) is 0 Å². The summed E-state index contributed by atoms with van der Waals surface area (Å²) in [4.78, 5) is 23.4. The molecule has 1 atom stereocenters. The number of rotatable bonds is 8. The SMILES string of the molecule is CCC(CC)(CO)NC(=O)CC(C)(C(=O)O)C(C)C. The highest BCUT2D eigenvalue weighted by Gasteiger charge is 2.40. The number of aliphatic hydroxyl groups is 1. The molecule has 0 bridgehead atoms. The lowest BCUT2D eigenvalue weighted by Crippen LogP contribution is -2.52. The van der Waals surface area contributed by atoms with Gasteiger partial charge in [0, 0.05) is 6.42 Å². The number of aliphatic carboxylic acids is 1. The summed E-state index contributed by atoms with van der Waals surface area (Å²) in [5.41, 5.74) is -1.74. The van der Waals surface area contributed by atoms with Crippen molar-refractivity contribution in [2.45, 2.75) is 59.4 Å². The summed E-state index contributed by atoms with van der Waals surface area (Å²) < 4.78 is 0. The lowest BCUT2D eigenvalue weighted by molar-refractivity contribution is -0.154. The zero-order valence-electron chi connectivity index (χ0n) is 12.6. The standard InChI is InChI=1S/C14H27NO4/c1-6-14(7-2,9-16)15-11(17)8-13(5,10(3)4)12(18)19/h10,16H,6-9H2,1-5H3,(H,15,17)(H,18,19). The van der Waals surface area contributed by atoms with Crippen LogP contribution in [0.4, 0.5) is 0 Å². The predicted molar refractivity (Wildman–Crippen MR) is 73.7 cm³/mol. The fourth-order valence-corrected chi connectivity index (χ4v) is 1.89. The van der Waals surface area contributed by atoms with Crippen molar-refractivity contribution in [2.24, 2.45) is 11.3 Å². The molecular formula is C14H27NO4. The Bertz CT molecular complexity index is 315. The molecule has 0 rings (SSSR count). The Morgan fingerprint density at radius 1 is 1.21 bits per heavy atom. The molecule has 0 aliphatic carbocycles. The maximum Gasteiger partial charge on any atom is 0.310 e. The molecule has 0 radical (unpaired) electrons. The molecule has 0 aromatic carbocycles. The molecule has 0 aliphatic heterocycles. The second-order valence-corrected chi connectivity index (χ2v) is 5.75. The van der Waals surface area contributed by atoms with Gasteiger partial charge in [0.15, 0.2) is 0 Å². The van der Waals surface area contributed by atoms with Crippen molar-refractivity contribution >= 4 is 11.9 Å². The molecule has 1 amide bonds. The highest BCUT2D eigenvalue weighted by atomic mass is 16.4. The average Bonchev–Trinajstić information content (AvgIpc) is 2.35. The van der Waals surface area contributed by atoms with E-state index in [2.05, 4.69) is 5.32 Å². The first-order valence-electron chi connectivity index (χ1n) is 6.82. The first-order chi connectivity index (χ1) is 8.67. The van der Waals surface area contributed by atoms with E-state index in [4.69, 9.17) is 0 Å². The summed E-state index contributed by atoms with van der Waals surface area (Å²) >= 11 is 0. The largest absolute Gasteiger partial charge is 0.481 e. The van der Waals surface area contributed by atoms with Gasteiger partial charge in [0.1, 0.15) is 0 Å². The highest BCUT2D eigenvalue weighted by molar-refractivity contribution is 5.85. The summed E-state index contributed by atoms with van der Waals surface area (Å²) in [6, 6.07) is 0. The Kier molecular flexibility index (Phi) is 6.49. The van der Waals surface area contributed by atoms with E-state index in [1.165, 1.54) is 0 Å². The third kappa shape index (κ3) is 4.20. The lowest BCUT2D eigenvalue weighted by Gasteiger charge is -2.34. The summed E-state index contributed by atoms with van der Waals surface area (Å²) in [6.07, 6.45) is 1.14. The fraction of sp³-hybridized carbons (Fsp3) is 0.857. The number of hydrogen-bond acceptors (Lipinski definition) is 3. The maximum absolute atomic E-state index is 12.1. The quantitative estimate of drug-likeness (QED) is 0.629. The van der Waals surface area contributed by atoms with E-state index in [0.717, 1.165) is 0 Å². The van der Waals surface area contributed by atoms with Crippen LogP contribution in [-0.2, 0) is 9.59 Å². The number of nitrogens with one attached hydrogen (secondary N) is 1. The van der Waals surface area contributed by atoms with Crippen LogP contribution in [0.2, 0.25) is 0 Å². The summed E-state index contributed by atoms with van der Waals surface area (Å²) in [7, 11) is 0. The Hall–Kier alpha value is -1.10. The molecule has 0 fully saturated rings. The van der Waals surface area contributed by atoms with E-state index < -0.39 is 16.9 Å². The van der Waals surface area contributed by atoms with Gasteiger partial charge >= 0.3 is 5.97 Å². The number of carbonyl (C=O) groups is 2. The summed E-state index contributed by atoms with van der Waals surface area (Å²) in [5, 5.41) is 21.5. The van der Waals surface area contributed by atoms with E-state index in [-0.39, 0.29) is 24.9 Å². The molecule has 0 saturated heterocycles. The van der Waals surface area contributed by atoms with Crippen LogP contribution in [0, 0.1) is 11.3 Å². The van der Waals surface area contributed by atoms with Gasteiger partial charge in [0.05, 0.1) is 17.6 Å². The van der Waals surface area contributed by atoms with Crippen LogP contribution in [-0.4, -0.2) is 34.2 Å². The van der Waals surface area contributed by atoms with E-state index in [9.17, 15) is 19.8 Å². The molecule has 19 heavy (non-hydrogen) atoms. The molecule has 0 saturated carbocycles. The van der Waals surface area contributed by atoms with Gasteiger partial charge in [-0.1, -0.05) is 27.7 Å². The van der Waals surface area contributed by atoms with Crippen molar-refractivity contribution in [1.82, 2.24) is 5.32 Å². The van der Waals surface area contributed by atoms with Crippen LogP contribution >= 0.6 is 0 Å². The Morgan fingerprint density at radius 3 is 1.95 bits per heavy atom. The Balaban J connectivity index is 4.91. The molecule has 0 heterocycles. The monoisotopic (exact) mass is 273 g/mol. The van der Waals surface area contributed by atoms with Crippen molar-refractivity contribution in [3.8, 4) is 0 Å². The first-order valence-corrected chi connectivity index (χ1v) is 6.82. The molecule has 1 unspecified atom stereocenters. The van der Waals surface area contributed by atoms with Gasteiger partial charge in [-0.05, 0) is 25.7 Å². The number of aliphatic hydroxyl groups excluding tert-OH is 1. The molecule has 3 N–H and O–H groups in total. The minimum Gasteiger partial charge on any atom is -0.481 e. The van der Waals surface area contributed by atoms with Crippen molar-refractivity contribution < 1.29 is 19.8 Å². The second-order valence-electron chi connectivity index (χ2n) is 5.75. The normalized spacial score (nSPS) is 15.1. The number of amides is 1. The van der Waals surface area contributed by atoms with Gasteiger partial charge in [0.25, 0.3) is 0 Å². The number of hydrogen-bond donors (Lipinski definition) is 3. The molecule has 5 heteroatoms. The predicted octanol–water partition coefficient (Wildman–Crippen LogP) is 1.79. The Morgan fingerprint density at radius 2 is 1.68 bits per heavy atom. The second kappa shape index (κ2) is 6.89. The van der Waals surface area contributed by atoms with Crippen molar-refractivity contribution in [2.75, 3.05) is 6.61 Å². The number of carbonyl (C=O) groups excluding carboxylic acids is 1. The van der Waals surface area contributed by atoms with Gasteiger partial charge in [0.2, 0.25) is 5.91 Å². The number of carboxylic acids is 1. The van der Waals surface area contributed by atoms with Crippen LogP contribution in [0.15, 0.2) is 0 Å². The van der Waals surface area contributed by atoms with Crippen molar-refractivity contribution in [1.29, 1.82) is 0 Å². The maximum atomic E-state index is 12.1. The van der Waals surface area contributed by atoms with E-state index in [0.29, 0.717) is 12.8 Å². The Labute approximate surface area is 115 Å². The van der Waals surface area contributed by atoms with Crippen LogP contribution in [0.3, 0.4) is 0 Å². The zero-order chi connectivity index (χ0) is 15.3. The van der Waals surface area contributed by atoms with E-state index in [1.54, 1.807) is 20.8 Å². The molecule has 0 aromatic heterocycles. The van der Waals surface area contributed by atoms with Crippen LogP contribution in [0.1, 0.15) is 53.9 Å². The molecule has 5 nitrogen and oxygen atoms in total. The fourth-order valence-electron chi connectivity index (χ4n) is 1.89. The van der Waals surface area contributed by atoms with Gasteiger partial charge in [-0.15, -0.1) is 0 Å². The van der Waals surface area contributed by atoms with Crippen LogP contribution in [0.5, 0.6) is 0 Å². The minimum absolute atomic E-state index is 0.0816. The first kappa shape index (κ1) is 17.9. The minimum atomic E-state index is -1.09. The smallest absolute Gasteiger partial charge is 0.310 e. The van der Waals surface area contributed by atoms with Gasteiger partial charge in [-0.2, -0.15) is 0 Å². The third-order valence-electron chi connectivity index (χ3n) is 4.35. The zero-order valence-corrected chi connectivity index (χ0v) is 12.6. The summed E-state index contributed by atoms with van der Waals surface area (Å²) in [5.74, 6) is -1.45. The van der Waals surface area contributed by atoms with Gasteiger partial charge in [-0.3, -0.25) is 9.59 Å².